The minimum Gasteiger partial charge on any atom is -0.390 e. The maximum atomic E-state index is 5.69. The van der Waals surface area contributed by atoms with Gasteiger partial charge in [0.2, 0.25) is 0 Å². The largest absolute Gasteiger partial charge is 0.390 e. The number of rotatable bonds is 1. The van der Waals surface area contributed by atoms with E-state index >= 15 is 0 Å². The summed E-state index contributed by atoms with van der Waals surface area (Å²) in [6, 6.07) is 11.1. The third-order valence-electron chi connectivity index (χ3n) is 4.53. The van der Waals surface area contributed by atoms with Crippen LogP contribution in [0.2, 0.25) is 0 Å². The van der Waals surface area contributed by atoms with Crippen LogP contribution < -0.4 is 0 Å². The number of nitrogens with zero attached hydrogens (tertiary/aromatic N) is 2. The summed E-state index contributed by atoms with van der Waals surface area (Å²) in [5.74, 6) is 1.26. The lowest BCUT2D eigenvalue weighted by atomic mass is 9.85. The molecule has 3 nitrogen and oxygen atoms in total. The van der Waals surface area contributed by atoms with Crippen molar-refractivity contribution in [1.82, 2.24) is 4.90 Å². The van der Waals surface area contributed by atoms with Crippen molar-refractivity contribution < 1.29 is 4.84 Å². The van der Waals surface area contributed by atoms with Crippen LogP contribution in [0.4, 0.5) is 0 Å². The number of piperidine rings is 1. The maximum Gasteiger partial charge on any atom is 0.151 e. The number of fused-ring (bicyclic) bond motifs is 5. The Kier molecular flexibility index (Phi) is 1.89. The van der Waals surface area contributed by atoms with E-state index in [9.17, 15) is 0 Å². The summed E-state index contributed by atoms with van der Waals surface area (Å²) in [6.45, 7) is 1.20. The Balaban J connectivity index is 1.69. The Bertz CT molecular complexity index is 470. The van der Waals surface area contributed by atoms with Crippen LogP contribution in [0.25, 0.3) is 0 Å². The Morgan fingerprint density at radius 1 is 1.29 bits per heavy atom. The van der Waals surface area contributed by atoms with Crippen molar-refractivity contribution in [3.63, 3.8) is 0 Å². The highest BCUT2D eigenvalue weighted by molar-refractivity contribution is 6.03. The molecule has 0 radical (unpaired) electrons. The number of benzene rings is 1. The van der Waals surface area contributed by atoms with Crippen LogP contribution in [-0.4, -0.2) is 36.3 Å². The summed E-state index contributed by atoms with van der Waals surface area (Å²) < 4.78 is 0. The molecule has 3 aliphatic rings. The zero-order chi connectivity index (χ0) is 11.4. The molecule has 2 fully saturated rings. The zero-order valence-electron chi connectivity index (χ0n) is 9.91. The van der Waals surface area contributed by atoms with Gasteiger partial charge in [-0.2, -0.15) is 0 Å². The molecule has 1 aliphatic carbocycles. The fourth-order valence-corrected chi connectivity index (χ4v) is 3.77. The van der Waals surface area contributed by atoms with Crippen molar-refractivity contribution in [2.45, 2.75) is 18.6 Å². The zero-order valence-corrected chi connectivity index (χ0v) is 9.91. The van der Waals surface area contributed by atoms with Gasteiger partial charge >= 0.3 is 0 Å². The third-order valence-corrected chi connectivity index (χ3v) is 4.53. The molecule has 2 bridgehead atoms. The normalized spacial score (nSPS) is 39.0. The minimum atomic E-state index is 0.300. The summed E-state index contributed by atoms with van der Waals surface area (Å²) in [6.07, 6.45) is 1.58. The highest BCUT2D eigenvalue weighted by Gasteiger charge is 2.56. The van der Waals surface area contributed by atoms with Crippen molar-refractivity contribution in [3.8, 4) is 0 Å². The van der Waals surface area contributed by atoms with Gasteiger partial charge in [-0.3, -0.25) is 4.90 Å². The van der Waals surface area contributed by atoms with Gasteiger partial charge in [0.25, 0.3) is 0 Å². The first kappa shape index (κ1) is 9.66. The van der Waals surface area contributed by atoms with Gasteiger partial charge in [-0.15, -0.1) is 0 Å². The fraction of sp³-hybridized carbons (Fsp3) is 0.500. The summed E-state index contributed by atoms with van der Waals surface area (Å²) in [5.41, 5.74) is 2.41. The van der Waals surface area contributed by atoms with Gasteiger partial charge in [0, 0.05) is 12.6 Å². The third kappa shape index (κ3) is 1.23. The lowest BCUT2D eigenvalue weighted by Crippen LogP contribution is -2.44. The van der Waals surface area contributed by atoms with Gasteiger partial charge in [-0.25, -0.2) is 0 Å². The predicted molar refractivity (Wildman–Crippen MR) is 65.9 cm³/mol. The molecular weight excluding hydrogens is 212 g/mol. The molecule has 4 unspecified atom stereocenters. The van der Waals surface area contributed by atoms with Crippen molar-refractivity contribution in [2.24, 2.45) is 17.0 Å². The molecule has 2 aliphatic heterocycles. The molecule has 0 spiro atoms. The molecule has 17 heavy (non-hydrogen) atoms. The molecule has 0 amide bonds. The number of likely N-dealkylation sites (N-methyl/N-ethyl adjacent to an activating group) is 1. The average Bonchev–Trinajstić information content (AvgIpc) is 3.00. The highest BCUT2D eigenvalue weighted by atomic mass is 16.6. The Labute approximate surface area is 101 Å². The molecule has 0 N–H and O–H groups in total. The lowest BCUT2D eigenvalue weighted by molar-refractivity contribution is 0.00466. The summed E-state index contributed by atoms with van der Waals surface area (Å²) >= 11 is 0. The van der Waals surface area contributed by atoms with Gasteiger partial charge in [-0.1, -0.05) is 35.5 Å². The number of likely N-dealkylation sites (tertiary alicyclic amines) is 1. The van der Waals surface area contributed by atoms with Crippen LogP contribution in [0.1, 0.15) is 12.0 Å². The van der Waals surface area contributed by atoms with E-state index in [4.69, 9.17) is 4.84 Å². The molecule has 4 atom stereocenters. The van der Waals surface area contributed by atoms with E-state index in [1.54, 1.807) is 0 Å². The van der Waals surface area contributed by atoms with E-state index in [0.29, 0.717) is 18.1 Å². The molecule has 3 heteroatoms. The van der Waals surface area contributed by atoms with Gasteiger partial charge < -0.3 is 4.84 Å². The van der Waals surface area contributed by atoms with E-state index < -0.39 is 0 Å². The topological polar surface area (TPSA) is 24.8 Å². The van der Waals surface area contributed by atoms with Crippen LogP contribution in [-0.2, 0) is 4.84 Å². The van der Waals surface area contributed by atoms with Gasteiger partial charge in [0.15, 0.2) is 6.10 Å². The first-order valence-corrected chi connectivity index (χ1v) is 6.34. The molecule has 1 saturated carbocycles. The predicted octanol–water partition coefficient (Wildman–Crippen LogP) is 1.74. The molecular formula is C14H16N2O. The SMILES string of the molecule is CN1CC2CC1C1ON=C(c3ccccc3)C21. The molecule has 1 saturated heterocycles. The van der Waals surface area contributed by atoms with E-state index in [-0.39, 0.29) is 0 Å². The maximum absolute atomic E-state index is 5.69. The van der Waals surface area contributed by atoms with Crippen LogP contribution in [0.5, 0.6) is 0 Å². The van der Waals surface area contributed by atoms with E-state index in [2.05, 4.69) is 41.4 Å². The van der Waals surface area contributed by atoms with Crippen LogP contribution in [0.3, 0.4) is 0 Å². The monoisotopic (exact) mass is 228 g/mol. The Hall–Kier alpha value is -1.35. The smallest absolute Gasteiger partial charge is 0.151 e. The molecule has 4 rings (SSSR count). The Morgan fingerprint density at radius 3 is 2.94 bits per heavy atom. The van der Waals surface area contributed by atoms with Crippen molar-refractivity contribution in [1.29, 1.82) is 0 Å². The van der Waals surface area contributed by atoms with E-state index in [1.165, 1.54) is 24.2 Å². The van der Waals surface area contributed by atoms with Crippen LogP contribution in [0.15, 0.2) is 35.5 Å². The van der Waals surface area contributed by atoms with Gasteiger partial charge in [0.1, 0.15) is 0 Å². The standard InChI is InChI=1S/C14H16N2O/c1-16-8-10-7-11(16)14-12(10)13(15-17-14)9-5-3-2-4-6-9/h2-6,10-12,14H,7-8H2,1H3. The molecule has 1 aromatic rings. The van der Waals surface area contributed by atoms with Gasteiger partial charge in [0.05, 0.1) is 11.6 Å². The second-order valence-corrected chi connectivity index (χ2v) is 5.44. The quantitative estimate of drug-likeness (QED) is 0.731. The molecule has 2 heterocycles. The number of hydrogen-bond donors (Lipinski definition) is 0. The molecule has 88 valence electrons. The number of hydrogen-bond acceptors (Lipinski definition) is 3. The van der Waals surface area contributed by atoms with Crippen LogP contribution in [0, 0.1) is 11.8 Å². The molecule has 0 aromatic heterocycles. The fourth-order valence-electron chi connectivity index (χ4n) is 3.77. The van der Waals surface area contributed by atoms with Crippen molar-refractivity contribution in [2.75, 3.05) is 13.6 Å². The molecule has 1 aromatic carbocycles. The highest BCUT2D eigenvalue weighted by Crippen LogP contribution is 2.47. The average molecular weight is 228 g/mol. The van der Waals surface area contributed by atoms with Crippen molar-refractivity contribution in [3.05, 3.63) is 35.9 Å². The van der Waals surface area contributed by atoms with Crippen molar-refractivity contribution >= 4 is 5.71 Å². The summed E-state index contributed by atoms with van der Waals surface area (Å²) in [7, 11) is 2.20. The number of oxime groups is 1. The van der Waals surface area contributed by atoms with Crippen LogP contribution >= 0.6 is 0 Å². The first-order chi connectivity index (χ1) is 8.34. The first-order valence-electron chi connectivity index (χ1n) is 6.34. The minimum absolute atomic E-state index is 0.300. The lowest BCUT2D eigenvalue weighted by Gasteiger charge is -2.30. The van der Waals surface area contributed by atoms with Gasteiger partial charge in [-0.05, 0) is 24.9 Å². The summed E-state index contributed by atoms with van der Waals surface area (Å²) in [4.78, 5) is 8.12. The van der Waals surface area contributed by atoms with E-state index in [1.807, 2.05) is 6.07 Å². The summed E-state index contributed by atoms with van der Waals surface area (Å²) in [5, 5.41) is 4.36. The Morgan fingerprint density at radius 2 is 2.12 bits per heavy atom. The van der Waals surface area contributed by atoms with E-state index in [0.717, 1.165) is 5.92 Å². The second-order valence-electron chi connectivity index (χ2n) is 5.44. The second kappa shape index (κ2) is 3.33.